The molecule has 0 radical (unpaired) electrons. The summed E-state index contributed by atoms with van der Waals surface area (Å²) in [7, 11) is 0. The summed E-state index contributed by atoms with van der Waals surface area (Å²) in [5.74, 6) is 0.189. The van der Waals surface area contributed by atoms with E-state index in [0.29, 0.717) is 6.42 Å². The third-order valence-electron chi connectivity index (χ3n) is 3.11. The molecule has 0 fully saturated rings. The molecule has 80 valence electrons. The van der Waals surface area contributed by atoms with E-state index in [9.17, 15) is 4.79 Å². The van der Waals surface area contributed by atoms with Crippen molar-refractivity contribution in [2.45, 2.75) is 13.3 Å². The van der Waals surface area contributed by atoms with Crippen molar-refractivity contribution in [3.8, 4) is 0 Å². The van der Waals surface area contributed by atoms with E-state index in [1.165, 1.54) is 0 Å². The molecule has 16 heavy (non-hydrogen) atoms. The van der Waals surface area contributed by atoms with Crippen LogP contribution in [-0.2, 0) is 11.2 Å². The number of hydrogen-bond acceptors (Lipinski definition) is 2. The van der Waals surface area contributed by atoms with Crippen molar-refractivity contribution in [2.75, 3.05) is 11.4 Å². The lowest BCUT2D eigenvalue weighted by Crippen LogP contribution is -2.26. The number of hydrogen-bond donors (Lipinski definition) is 0. The monoisotopic (exact) mass is 212 g/mol. The van der Waals surface area contributed by atoms with E-state index in [-0.39, 0.29) is 5.91 Å². The Morgan fingerprint density at radius 1 is 1.38 bits per heavy atom. The van der Waals surface area contributed by atoms with Crippen LogP contribution in [0, 0.1) is 0 Å². The molecule has 2 heterocycles. The van der Waals surface area contributed by atoms with Gasteiger partial charge < -0.3 is 4.90 Å². The number of pyridine rings is 1. The maximum atomic E-state index is 11.8. The Labute approximate surface area is 93.7 Å². The number of amides is 1. The molecule has 0 saturated carbocycles. The minimum atomic E-state index is 0.189. The Kier molecular flexibility index (Phi) is 1.93. The van der Waals surface area contributed by atoms with Gasteiger partial charge in [0.05, 0.1) is 12.1 Å². The molecule has 3 heteroatoms. The molecule has 0 saturated heterocycles. The maximum absolute atomic E-state index is 11.8. The van der Waals surface area contributed by atoms with Gasteiger partial charge in [-0.15, -0.1) is 0 Å². The highest BCUT2D eigenvalue weighted by molar-refractivity contribution is 6.10. The van der Waals surface area contributed by atoms with Crippen LogP contribution in [0.15, 0.2) is 30.6 Å². The first kappa shape index (κ1) is 9.33. The number of benzene rings is 1. The van der Waals surface area contributed by atoms with Crippen LogP contribution in [0.5, 0.6) is 0 Å². The number of anilines is 1. The molecule has 0 atom stereocenters. The average molecular weight is 212 g/mol. The molecule has 1 aliphatic heterocycles. The van der Waals surface area contributed by atoms with Crippen LogP contribution in [0.25, 0.3) is 10.8 Å². The molecular formula is C13H12N2O. The molecule has 0 unspecified atom stereocenters. The summed E-state index contributed by atoms with van der Waals surface area (Å²) in [5, 5.41) is 2.22. The van der Waals surface area contributed by atoms with Crippen LogP contribution in [0.2, 0.25) is 0 Å². The molecular weight excluding hydrogens is 200 g/mol. The SMILES string of the molecule is CCN1C(=O)Cc2ccc3ccncc3c21. The van der Waals surface area contributed by atoms with Crippen molar-refractivity contribution < 1.29 is 4.79 Å². The number of rotatable bonds is 1. The van der Waals surface area contributed by atoms with Crippen molar-refractivity contribution in [2.24, 2.45) is 0 Å². The van der Waals surface area contributed by atoms with Crippen LogP contribution < -0.4 is 4.90 Å². The summed E-state index contributed by atoms with van der Waals surface area (Å²) in [5.41, 5.74) is 2.17. The number of carbonyl (C=O) groups excluding carboxylic acids is 1. The zero-order valence-electron chi connectivity index (χ0n) is 9.10. The average Bonchev–Trinajstić information content (AvgIpc) is 2.65. The fourth-order valence-electron chi connectivity index (χ4n) is 2.37. The van der Waals surface area contributed by atoms with Crippen LogP contribution in [0.1, 0.15) is 12.5 Å². The van der Waals surface area contributed by atoms with Gasteiger partial charge in [0.15, 0.2) is 0 Å². The predicted octanol–water partition coefficient (Wildman–Crippen LogP) is 2.14. The zero-order valence-corrected chi connectivity index (χ0v) is 9.10. The standard InChI is InChI=1S/C13H12N2O/c1-2-15-12(16)7-10-4-3-9-5-6-14-8-11(9)13(10)15/h3-6,8H,2,7H2,1H3. The van der Waals surface area contributed by atoms with E-state index in [0.717, 1.165) is 28.6 Å². The van der Waals surface area contributed by atoms with E-state index in [2.05, 4.69) is 11.1 Å². The van der Waals surface area contributed by atoms with E-state index in [4.69, 9.17) is 0 Å². The third kappa shape index (κ3) is 1.14. The smallest absolute Gasteiger partial charge is 0.231 e. The molecule has 1 aliphatic rings. The Bertz CT molecular complexity index is 577. The van der Waals surface area contributed by atoms with Gasteiger partial charge in [0.1, 0.15) is 0 Å². The van der Waals surface area contributed by atoms with Crippen LogP contribution in [-0.4, -0.2) is 17.4 Å². The lowest BCUT2D eigenvalue weighted by Gasteiger charge is -2.16. The lowest BCUT2D eigenvalue weighted by molar-refractivity contribution is -0.117. The maximum Gasteiger partial charge on any atom is 0.231 e. The lowest BCUT2D eigenvalue weighted by atomic mass is 10.1. The minimum Gasteiger partial charge on any atom is -0.311 e. The minimum absolute atomic E-state index is 0.189. The molecule has 3 rings (SSSR count). The largest absolute Gasteiger partial charge is 0.311 e. The van der Waals surface area contributed by atoms with E-state index in [1.807, 2.05) is 30.2 Å². The Morgan fingerprint density at radius 3 is 3.06 bits per heavy atom. The van der Waals surface area contributed by atoms with Crippen LogP contribution in [0.4, 0.5) is 5.69 Å². The molecule has 0 aliphatic carbocycles. The summed E-state index contributed by atoms with van der Waals surface area (Å²) in [6.45, 7) is 2.72. The molecule has 2 aromatic rings. The van der Waals surface area contributed by atoms with Crippen molar-refractivity contribution in [3.63, 3.8) is 0 Å². The van der Waals surface area contributed by atoms with Crippen LogP contribution in [0.3, 0.4) is 0 Å². The van der Waals surface area contributed by atoms with Gasteiger partial charge in [-0.05, 0) is 23.9 Å². The Morgan fingerprint density at radius 2 is 2.25 bits per heavy atom. The second-order valence-electron chi connectivity index (χ2n) is 3.98. The van der Waals surface area contributed by atoms with Gasteiger partial charge in [-0.3, -0.25) is 9.78 Å². The Balaban J connectivity index is 2.35. The van der Waals surface area contributed by atoms with Gasteiger partial charge in [-0.2, -0.15) is 0 Å². The van der Waals surface area contributed by atoms with Crippen molar-refractivity contribution in [3.05, 3.63) is 36.2 Å². The summed E-state index contributed by atoms with van der Waals surface area (Å²) in [4.78, 5) is 17.8. The fraction of sp³-hybridized carbons (Fsp3) is 0.231. The molecule has 0 bridgehead atoms. The van der Waals surface area contributed by atoms with E-state index in [1.54, 1.807) is 6.20 Å². The number of fused-ring (bicyclic) bond motifs is 3. The highest BCUT2D eigenvalue weighted by atomic mass is 16.2. The zero-order chi connectivity index (χ0) is 11.1. The van der Waals surface area contributed by atoms with Gasteiger partial charge in [-0.1, -0.05) is 12.1 Å². The molecule has 0 spiro atoms. The first-order valence-electron chi connectivity index (χ1n) is 5.47. The van der Waals surface area contributed by atoms with E-state index >= 15 is 0 Å². The van der Waals surface area contributed by atoms with Gasteiger partial charge in [0.2, 0.25) is 5.91 Å². The second kappa shape index (κ2) is 3.30. The quantitative estimate of drug-likeness (QED) is 0.725. The summed E-state index contributed by atoms with van der Waals surface area (Å²) in [6.07, 6.45) is 4.14. The highest BCUT2D eigenvalue weighted by Gasteiger charge is 2.27. The summed E-state index contributed by atoms with van der Waals surface area (Å²) < 4.78 is 0. The topological polar surface area (TPSA) is 33.2 Å². The van der Waals surface area contributed by atoms with Crippen molar-refractivity contribution >= 4 is 22.4 Å². The third-order valence-corrected chi connectivity index (χ3v) is 3.11. The van der Waals surface area contributed by atoms with E-state index < -0.39 is 0 Å². The van der Waals surface area contributed by atoms with Gasteiger partial charge in [-0.25, -0.2) is 0 Å². The first-order valence-corrected chi connectivity index (χ1v) is 5.47. The molecule has 1 amide bonds. The number of carbonyl (C=O) groups is 1. The molecule has 0 N–H and O–H groups in total. The second-order valence-corrected chi connectivity index (χ2v) is 3.98. The van der Waals surface area contributed by atoms with Gasteiger partial charge in [0.25, 0.3) is 0 Å². The highest BCUT2D eigenvalue weighted by Crippen LogP contribution is 2.35. The number of aromatic nitrogens is 1. The predicted molar refractivity (Wildman–Crippen MR) is 63.5 cm³/mol. The van der Waals surface area contributed by atoms with Gasteiger partial charge >= 0.3 is 0 Å². The normalized spacial score (nSPS) is 14.6. The van der Waals surface area contributed by atoms with Crippen LogP contribution >= 0.6 is 0 Å². The molecule has 3 nitrogen and oxygen atoms in total. The molecule has 1 aromatic heterocycles. The van der Waals surface area contributed by atoms with Gasteiger partial charge in [0, 0.05) is 24.3 Å². The van der Waals surface area contributed by atoms with Crippen molar-refractivity contribution in [1.82, 2.24) is 4.98 Å². The van der Waals surface area contributed by atoms with Crippen molar-refractivity contribution in [1.29, 1.82) is 0 Å². The summed E-state index contributed by atoms with van der Waals surface area (Å²) >= 11 is 0. The number of nitrogens with zero attached hydrogens (tertiary/aromatic N) is 2. The first-order chi connectivity index (χ1) is 7.81. The molecule has 1 aromatic carbocycles. The summed E-state index contributed by atoms with van der Waals surface area (Å²) in [6, 6.07) is 6.08. The Hall–Kier alpha value is -1.90. The fourth-order valence-corrected chi connectivity index (χ4v) is 2.37. The number of likely N-dealkylation sites (N-methyl/N-ethyl adjacent to an activating group) is 1.